The molecule has 8 nitrogen and oxygen atoms in total. The molecule has 9 heteroatoms. The summed E-state index contributed by atoms with van der Waals surface area (Å²) in [7, 11) is -1.28. The summed E-state index contributed by atoms with van der Waals surface area (Å²) in [6.45, 7) is 3.35. The normalized spacial score (nSPS) is 12.1. The van der Waals surface area contributed by atoms with Crippen LogP contribution < -0.4 is 14.8 Å². The molecule has 0 heterocycles. The first-order valence-electron chi connectivity index (χ1n) is 8.38. The lowest BCUT2D eigenvalue weighted by molar-refractivity contribution is -0.123. The SMILES string of the molecule is CNS(=O)(=O)c1cc(C(=O)O[C@H](C)C(=O)Nc2ccc(C)cc2)ccc1OC. The van der Waals surface area contributed by atoms with E-state index < -0.39 is 28.0 Å². The van der Waals surface area contributed by atoms with Crippen LogP contribution in [-0.4, -0.2) is 40.6 Å². The molecule has 150 valence electrons. The number of methoxy groups -OCH3 is 1. The standard InChI is InChI=1S/C19H22N2O6S/c1-12-5-8-15(9-6-12)21-18(22)13(2)27-19(23)14-7-10-16(26-4)17(11-14)28(24,25)20-3/h5-11,13,20H,1-4H3,(H,21,22)/t13-/m1/s1. The van der Waals surface area contributed by atoms with Crippen LogP contribution >= 0.6 is 0 Å². The number of hydrogen-bond donors (Lipinski definition) is 2. The van der Waals surface area contributed by atoms with Gasteiger partial charge < -0.3 is 14.8 Å². The molecule has 2 aromatic carbocycles. The number of nitrogens with one attached hydrogen (secondary N) is 2. The predicted molar refractivity (Wildman–Crippen MR) is 104 cm³/mol. The molecule has 0 saturated carbocycles. The van der Waals surface area contributed by atoms with Crippen molar-refractivity contribution in [3.63, 3.8) is 0 Å². The monoisotopic (exact) mass is 406 g/mol. The van der Waals surface area contributed by atoms with Crippen LogP contribution in [0.4, 0.5) is 5.69 Å². The van der Waals surface area contributed by atoms with Crippen molar-refractivity contribution < 1.29 is 27.5 Å². The van der Waals surface area contributed by atoms with Crippen molar-refractivity contribution in [1.29, 1.82) is 0 Å². The van der Waals surface area contributed by atoms with E-state index in [-0.39, 0.29) is 16.2 Å². The zero-order chi connectivity index (χ0) is 20.9. The Morgan fingerprint density at radius 3 is 2.29 bits per heavy atom. The number of anilines is 1. The van der Waals surface area contributed by atoms with E-state index >= 15 is 0 Å². The van der Waals surface area contributed by atoms with E-state index in [1.165, 1.54) is 33.2 Å². The van der Waals surface area contributed by atoms with E-state index in [4.69, 9.17) is 9.47 Å². The molecule has 2 aromatic rings. The van der Waals surface area contributed by atoms with Gasteiger partial charge in [0.05, 0.1) is 12.7 Å². The summed E-state index contributed by atoms with van der Waals surface area (Å²) in [6, 6.07) is 11.0. The van der Waals surface area contributed by atoms with Gasteiger partial charge in [-0.25, -0.2) is 17.9 Å². The number of esters is 1. The molecular formula is C19H22N2O6S. The van der Waals surface area contributed by atoms with Gasteiger partial charge in [-0.1, -0.05) is 17.7 Å². The number of aryl methyl sites for hydroxylation is 1. The highest BCUT2D eigenvalue weighted by molar-refractivity contribution is 7.89. The van der Waals surface area contributed by atoms with Crippen LogP contribution in [0.1, 0.15) is 22.8 Å². The van der Waals surface area contributed by atoms with Gasteiger partial charge in [-0.3, -0.25) is 4.79 Å². The topological polar surface area (TPSA) is 111 Å². The number of sulfonamides is 1. The van der Waals surface area contributed by atoms with Gasteiger partial charge in [0.1, 0.15) is 10.6 Å². The van der Waals surface area contributed by atoms with Gasteiger partial charge in [-0.15, -0.1) is 0 Å². The summed E-state index contributed by atoms with van der Waals surface area (Å²) < 4.78 is 36.6. The van der Waals surface area contributed by atoms with Crippen molar-refractivity contribution in [1.82, 2.24) is 4.72 Å². The highest BCUT2D eigenvalue weighted by Crippen LogP contribution is 2.25. The van der Waals surface area contributed by atoms with Gasteiger partial charge in [0.15, 0.2) is 6.10 Å². The Hall–Kier alpha value is -2.91. The molecule has 0 aliphatic heterocycles. The lowest BCUT2D eigenvalue weighted by atomic mass is 10.2. The zero-order valence-corrected chi connectivity index (χ0v) is 16.8. The average molecular weight is 406 g/mol. The molecule has 0 aromatic heterocycles. The van der Waals surface area contributed by atoms with Crippen LogP contribution in [0.15, 0.2) is 47.4 Å². The Morgan fingerprint density at radius 1 is 1.07 bits per heavy atom. The second-order valence-electron chi connectivity index (χ2n) is 5.98. The first-order chi connectivity index (χ1) is 13.2. The van der Waals surface area contributed by atoms with Gasteiger partial charge in [-0.05, 0) is 51.2 Å². The van der Waals surface area contributed by atoms with Gasteiger partial charge in [0.25, 0.3) is 5.91 Å². The highest BCUT2D eigenvalue weighted by atomic mass is 32.2. The van der Waals surface area contributed by atoms with Gasteiger partial charge in [0.2, 0.25) is 10.0 Å². The number of ether oxygens (including phenoxy) is 2. The molecule has 0 aliphatic carbocycles. The molecule has 0 saturated heterocycles. The minimum atomic E-state index is -3.85. The summed E-state index contributed by atoms with van der Waals surface area (Å²) in [6.07, 6.45) is -1.08. The maximum atomic E-state index is 12.4. The molecule has 1 atom stereocenters. The molecule has 1 amide bonds. The Kier molecular flexibility index (Phi) is 6.76. The summed E-state index contributed by atoms with van der Waals surface area (Å²) in [5.74, 6) is -1.26. The summed E-state index contributed by atoms with van der Waals surface area (Å²) in [5.41, 5.74) is 1.60. The molecule has 2 N–H and O–H groups in total. The highest BCUT2D eigenvalue weighted by Gasteiger charge is 2.23. The number of rotatable bonds is 7. The van der Waals surface area contributed by atoms with E-state index in [1.54, 1.807) is 12.1 Å². The second kappa shape index (κ2) is 8.85. The molecule has 28 heavy (non-hydrogen) atoms. The van der Waals surface area contributed by atoms with Crippen molar-refractivity contribution in [3.8, 4) is 5.75 Å². The van der Waals surface area contributed by atoms with E-state index in [0.717, 1.165) is 11.6 Å². The maximum absolute atomic E-state index is 12.4. The largest absolute Gasteiger partial charge is 0.495 e. The predicted octanol–water partition coefficient (Wildman–Crippen LogP) is 2.10. The van der Waals surface area contributed by atoms with Gasteiger partial charge >= 0.3 is 5.97 Å². The van der Waals surface area contributed by atoms with Crippen molar-refractivity contribution in [2.45, 2.75) is 24.8 Å². The van der Waals surface area contributed by atoms with Crippen LogP contribution in [0.5, 0.6) is 5.75 Å². The molecule has 2 rings (SSSR count). The van der Waals surface area contributed by atoms with Crippen molar-refractivity contribution >= 4 is 27.6 Å². The van der Waals surface area contributed by atoms with Crippen LogP contribution in [0.3, 0.4) is 0 Å². The maximum Gasteiger partial charge on any atom is 0.338 e. The number of carbonyl (C=O) groups is 2. The first kappa shape index (κ1) is 21.4. The molecule has 0 bridgehead atoms. The van der Waals surface area contributed by atoms with E-state index in [9.17, 15) is 18.0 Å². The van der Waals surface area contributed by atoms with Crippen molar-refractivity contribution in [3.05, 3.63) is 53.6 Å². The van der Waals surface area contributed by atoms with Gasteiger partial charge in [-0.2, -0.15) is 0 Å². The van der Waals surface area contributed by atoms with Crippen molar-refractivity contribution in [2.24, 2.45) is 0 Å². The molecule has 0 fully saturated rings. The second-order valence-corrected chi connectivity index (χ2v) is 7.83. The van der Waals surface area contributed by atoms with E-state index in [1.807, 2.05) is 19.1 Å². The molecule has 0 unspecified atom stereocenters. The lowest BCUT2D eigenvalue weighted by Crippen LogP contribution is -2.30. The third-order valence-electron chi connectivity index (χ3n) is 3.93. The average Bonchev–Trinajstić information content (AvgIpc) is 2.68. The molecule has 0 radical (unpaired) electrons. The van der Waals surface area contributed by atoms with Crippen LogP contribution in [0.25, 0.3) is 0 Å². The number of amides is 1. The van der Waals surface area contributed by atoms with Crippen LogP contribution in [0.2, 0.25) is 0 Å². The van der Waals surface area contributed by atoms with E-state index in [0.29, 0.717) is 5.69 Å². The third-order valence-corrected chi connectivity index (χ3v) is 5.37. The number of hydrogen-bond acceptors (Lipinski definition) is 6. The third kappa shape index (κ3) is 5.08. The lowest BCUT2D eigenvalue weighted by Gasteiger charge is -2.15. The van der Waals surface area contributed by atoms with Crippen LogP contribution in [0, 0.1) is 6.92 Å². The summed E-state index contributed by atoms with van der Waals surface area (Å²) in [4.78, 5) is 24.4. The molecule has 0 aliphatic rings. The Morgan fingerprint density at radius 2 is 1.71 bits per heavy atom. The van der Waals surface area contributed by atoms with Gasteiger partial charge in [0, 0.05) is 5.69 Å². The summed E-state index contributed by atoms with van der Waals surface area (Å²) >= 11 is 0. The summed E-state index contributed by atoms with van der Waals surface area (Å²) in [5, 5.41) is 2.65. The Labute approximate surface area is 163 Å². The Balaban J connectivity index is 2.14. The Bertz CT molecular complexity index is 970. The van der Waals surface area contributed by atoms with Crippen molar-refractivity contribution in [2.75, 3.05) is 19.5 Å². The molecular weight excluding hydrogens is 384 g/mol. The minimum absolute atomic E-state index is 0.0235. The number of benzene rings is 2. The fourth-order valence-corrected chi connectivity index (χ4v) is 3.20. The first-order valence-corrected chi connectivity index (χ1v) is 9.86. The zero-order valence-electron chi connectivity index (χ0n) is 16.0. The fraction of sp³-hybridized carbons (Fsp3) is 0.263. The van der Waals surface area contributed by atoms with E-state index in [2.05, 4.69) is 10.0 Å². The number of carbonyl (C=O) groups excluding carboxylic acids is 2. The van der Waals surface area contributed by atoms with Crippen LogP contribution in [-0.2, 0) is 19.6 Å². The fourth-order valence-electron chi connectivity index (χ4n) is 2.29. The minimum Gasteiger partial charge on any atom is -0.495 e. The molecule has 0 spiro atoms. The smallest absolute Gasteiger partial charge is 0.338 e. The quantitative estimate of drug-likeness (QED) is 0.681.